The Morgan fingerprint density at radius 2 is 1.89 bits per heavy atom. The van der Waals surface area contributed by atoms with Crippen LogP contribution in [-0.4, -0.2) is 52.1 Å². The van der Waals surface area contributed by atoms with Crippen molar-refractivity contribution in [3.63, 3.8) is 0 Å². The van der Waals surface area contributed by atoms with Gasteiger partial charge < -0.3 is 14.7 Å². The fourth-order valence-electron chi connectivity index (χ4n) is 3.23. The zero-order valence-corrected chi connectivity index (χ0v) is 15.7. The fourth-order valence-corrected chi connectivity index (χ4v) is 3.23. The maximum atomic E-state index is 12.4. The first-order valence-electron chi connectivity index (χ1n) is 9.25. The van der Waals surface area contributed by atoms with Crippen molar-refractivity contribution in [2.75, 3.05) is 36.4 Å². The summed E-state index contributed by atoms with van der Waals surface area (Å²) in [6.45, 7) is 6.31. The van der Waals surface area contributed by atoms with Crippen LogP contribution in [0.2, 0.25) is 0 Å². The van der Waals surface area contributed by atoms with E-state index in [0.29, 0.717) is 17.3 Å². The number of anilines is 2. The van der Waals surface area contributed by atoms with E-state index in [1.54, 1.807) is 19.1 Å². The highest BCUT2D eigenvalue weighted by Crippen LogP contribution is 2.16. The lowest BCUT2D eigenvalue weighted by atomic mass is 10.2. The molecule has 28 heavy (non-hydrogen) atoms. The quantitative estimate of drug-likeness (QED) is 0.729. The topological polar surface area (TPSA) is 87.4 Å². The summed E-state index contributed by atoms with van der Waals surface area (Å²) in [4.78, 5) is 25.4. The molecule has 0 saturated carbocycles. The predicted octanol–water partition coefficient (Wildman–Crippen LogP) is 2.35. The molecule has 1 saturated heterocycles. The summed E-state index contributed by atoms with van der Waals surface area (Å²) in [7, 11) is 0. The molecule has 1 N–H and O–H groups in total. The molecular weight excluding hydrogens is 356 g/mol. The molecule has 3 aromatic rings. The predicted molar refractivity (Wildman–Crippen MR) is 105 cm³/mol. The summed E-state index contributed by atoms with van der Waals surface area (Å²) in [6.07, 6.45) is 1.43. The zero-order valence-electron chi connectivity index (χ0n) is 15.7. The number of carbonyl (C=O) groups is 1. The van der Waals surface area contributed by atoms with Crippen LogP contribution in [0, 0.1) is 6.92 Å². The van der Waals surface area contributed by atoms with Crippen molar-refractivity contribution in [3.05, 3.63) is 65.8 Å². The van der Waals surface area contributed by atoms with Gasteiger partial charge in [-0.15, -0.1) is 0 Å². The maximum Gasteiger partial charge on any atom is 0.275 e. The van der Waals surface area contributed by atoms with Crippen LogP contribution in [0.3, 0.4) is 0 Å². The molecule has 0 atom stereocenters. The van der Waals surface area contributed by atoms with E-state index < -0.39 is 0 Å². The maximum absolute atomic E-state index is 12.4. The Labute approximate surface area is 163 Å². The van der Waals surface area contributed by atoms with Crippen LogP contribution in [0.4, 0.5) is 11.6 Å². The average Bonchev–Trinajstić information content (AvgIpc) is 3.14. The highest BCUT2D eigenvalue weighted by atomic mass is 16.5. The summed E-state index contributed by atoms with van der Waals surface area (Å²) < 4.78 is 4.96. The molecule has 0 aliphatic carbocycles. The Hall–Kier alpha value is -3.26. The second-order valence-electron chi connectivity index (χ2n) is 6.79. The minimum absolute atomic E-state index is 0.303. The van der Waals surface area contributed by atoms with E-state index in [4.69, 9.17) is 4.52 Å². The molecular formula is C20H22N6O2. The number of carbonyl (C=O) groups excluding carboxylic acids is 1. The number of hydrogen-bond acceptors (Lipinski definition) is 7. The summed E-state index contributed by atoms with van der Waals surface area (Å²) in [5.74, 6) is 1.43. The van der Waals surface area contributed by atoms with Gasteiger partial charge in [-0.2, -0.15) is 0 Å². The van der Waals surface area contributed by atoms with Crippen LogP contribution in [-0.2, 0) is 6.54 Å². The highest BCUT2D eigenvalue weighted by Gasteiger charge is 2.20. The van der Waals surface area contributed by atoms with E-state index in [2.05, 4.69) is 54.5 Å². The van der Waals surface area contributed by atoms with Gasteiger partial charge in [0.1, 0.15) is 23.6 Å². The Kier molecular flexibility index (Phi) is 5.29. The van der Waals surface area contributed by atoms with E-state index in [-0.39, 0.29) is 5.91 Å². The van der Waals surface area contributed by atoms with Gasteiger partial charge >= 0.3 is 0 Å². The van der Waals surface area contributed by atoms with E-state index in [0.717, 1.165) is 38.5 Å². The Bertz CT molecular complexity index is 935. The van der Waals surface area contributed by atoms with Gasteiger partial charge in [0.2, 0.25) is 0 Å². The number of hydrogen-bond donors (Lipinski definition) is 1. The summed E-state index contributed by atoms with van der Waals surface area (Å²) >= 11 is 0. The van der Waals surface area contributed by atoms with Gasteiger partial charge in [-0.1, -0.05) is 35.5 Å². The number of nitrogens with one attached hydrogen (secondary N) is 1. The lowest BCUT2D eigenvalue weighted by Crippen LogP contribution is -2.46. The Morgan fingerprint density at radius 3 is 2.61 bits per heavy atom. The van der Waals surface area contributed by atoms with E-state index >= 15 is 0 Å². The van der Waals surface area contributed by atoms with Crippen LogP contribution in [0.5, 0.6) is 0 Å². The molecule has 4 rings (SSSR count). The number of rotatable bonds is 5. The van der Waals surface area contributed by atoms with Crippen LogP contribution in [0.15, 0.2) is 53.3 Å². The molecule has 1 aliphatic heterocycles. The number of piperazine rings is 1. The number of nitrogens with zero attached hydrogens (tertiary/aromatic N) is 5. The van der Waals surface area contributed by atoms with Crippen molar-refractivity contribution < 1.29 is 9.32 Å². The zero-order chi connectivity index (χ0) is 19.3. The molecule has 1 aliphatic rings. The van der Waals surface area contributed by atoms with Gasteiger partial charge in [0.15, 0.2) is 5.82 Å². The van der Waals surface area contributed by atoms with Gasteiger partial charge in [0.05, 0.1) is 0 Å². The average molecular weight is 378 g/mol. The lowest BCUT2D eigenvalue weighted by Gasteiger charge is -2.35. The van der Waals surface area contributed by atoms with Crippen molar-refractivity contribution in [2.45, 2.75) is 13.5 Å². The standard InChI is InChI=1S/C20H22N6O2/c1-15-11-18(24-28-15)23-20(27)17-12-19(22-14-21-17)26-9-7-25(8-10-26)13-16-5-3-2-4-6-16/h2-6,11-12,14H,7-10,13H2,1H3,(H,23,24,27). The Balaban J connectivity index is 1.36. The molecule has 0 unspecified atom stereocenters. The number of amides is 1. The molecule has 8 nitrogen and oxygen atoms in total. The molecule has 1 amide bonds. The van der Waals surface area contributed by atoms with Crippen molar-refractivity contribution in [2.24, 2.45) is 0 Å². The molecule has 144 valence electrons. The van der Waals surface area contributed by atoms with Crippen molar-refractivity contribution in [1.82, 2.24) is 20.0 Å². The van der Waals surface area contributed by atoms with E-state index in [1.807, 2.05) is 6.07 Å². The third-order valence-corrected chi connectivity index (χ3v) is 4.70. The minimum Gasteiger partial charge on any atom is -0.360 e. The molecule has 1 aromatic carbocycles. The third-order valence-electron chi connectivity index (χ3n) is 4.70. The second-order valence-corrected chi connectivity index (χ2v) is 6.79. The summed E-state index contributed by atoms with van der Waals surface area (Å²) in [5.41, 5.74) is 1.62. The highest BCUT2D eigenvalue weighted by molar-refractivity contribution is 6.02. The summed E-state index contributed by atoms with van der Waals surface area (Å²) in [5, 5.41) is 6.45. The molecule has 8 heteroatoms. The van der Waals surface area contributed by atoms with Gasteiger partial charge in [-0.05, 0) is 12.5 Å². The normalized spacial score (nSPS) is 14.8. The molecule has 0 radical (unpaired) electrons. The molecule has 2 aromatic heterocycles. The first-order chi connectivity index (χ1) is 13.7. The first-order valence-corrected chi connectivity index (χ1v) is 9.25. The lowest BCUT2D eigenvalue weighted by molar-refractivity contribution is 0.102. The number of aryl methyl sites for hydroxylation is 1. The van der Waals surface area contributed by atoms with Crippen molar-refractivity contribution in [1.29, 1.82) is 0 Å². The number of aromatic nitrogens is 3. The smallest absolute Gasteiger partial charge is 0.275 e. The SMILES string of the molecule is Cc1cc(NC(=O)c2cc(N3CCN(Cc4ccccc4)CC3)ncn2)no1. The fraction of sp³-hybridized carbons (Fsp3) is 0.300. The van der Waals surface area contributed by atoms with E-state index in [1.165, 1.54) is 11.9 Å². The van der Waals surface area contributed by atoms with Crippen LogP contribution < -0.4 is 10.2 Å². The number of benzene rings is 1. The molecule has 0 bridgehead atoms. The van der Waals surface area contributed by atoms with Crippen LogP contribution in [0.25, 0.3) is 0 Å². The van der Waals surface area contributed by atoms with Crippen LogP contribution >= 0.6 is 0 Å². The van der Waals surface area contributed by atoms with Crippen molar-refractivity contribution >= 4 is 17.5 Å². The molecule has 3 heterocycles. The largest absolute Gasteiger partial charge is 0.360 e. The third kappa shape index (κ3) is 4.34. The molecule has 0 spiro atoms. The minimum atomic E-state index is -0.334. The van der Waals surface area contributed by atoms with E-state index in [9.17, 15) is 4.79 Å². The molecule has 1 fully saturated rings. The first kappa shape index (κ1) is 18.1. The van der Waals surface area contributed by atoms with Gasteiger partial charge in [0, 0.05) is 44.9 Å². The van der Waals surface area contributed by atoms with Gasteiger partial charge in [0.25, 0.3) is 5.91 Å². The second kappa shape index (κ2) is 8.18. The van der Waals surface area contributed by atoms with Gasteiger partial charge in [-0.3, -0.25) is 9.69 Å². The van der Waals surface area contributed by atoms with Crippen molar-refractivity contribution in [3.8, 4) is 0 Å². The Morgan fingerprint density at radius 1 is 1.11 bits per heavy atom. The monoisotopic (exact) mass is 378 g/mol. The van der Waals surface area contributed by atoms with Gasteiger partial charge in [-0.25, -0.2) is 9.97 Å². The van der Waals surface area contributed by atoms with Crippen LogP contribution in [0.1, 0.15) is 21.8 Å². The summed E-state index contributed by atoms with van der Waals surface area (Å²) in [6, 6.07) is 13.9.